The van der Waals surface area contributed by atoms with E-state index in [2.05, 4.69) is 34.3 Å². The zero-order valence-corrected chi connectivity index (χ0v) is 19.4. The van der Waals surface area contributed by atoms with Gasteiger partial charge in [0.05, 0.1) is 32.0 Å². The minimum atomic E-state index is -0.155. The van der Waals surface area contributed by atoms with Crippen molar-refractivity contribution in [2.45, 2.75) is 19.5 Å². The van der Waals surface area contributed by atoms with Crippen LogP contribution in [-0.4, -0.2) is 57.8 Å². The van der Waals surface area contributed by atoms with Gasteiger partial charge in [0.1, 0.15) is 0 Å². The third-order valence-electron chi connectivity index (χ3n) is 6.09. The standard InChI is InChI=1S/C24H27ClN6O2/c1-28-23(30-11-10-22(26-30)20-6-8-21(25)9-7-20)27-31(24(28)32)17-19-4-2-18(3-5-19)16-29-12-14-33-15-13-29/h2-9H,10-17H2,1H3. The molecular formula is C24H27ClN6O2. The molecule has 0 radical (unpaired) electrons. The minimum absolute atomic E-state index is 0.155. The Morgan fingerprint density at radius 1 is 0.939 bits per heavy atom. The third kappa shape index (κ3) is 4.88. The topological polar surface area (TPSA) is 67.9 Å². The number of halogens is 1. The van der Waals surface area contributed by atoms with Gasteiger partial charge >= 0.3 is 5.69 Å². The van der Waals surface area contributed by atoms with Gasteiger partial charge in [-0.3, -0.25) is 9.47 Å². The summed E-state index contributed by atoms with van der Waals surface area (Å²) in [4.78, 5) is 15.2. The molecule has 3 aromatic rings. The SMILES string of the molecule is Cn1c(N2CCC(c3ccc(Cl)cc3)=N2)nn(Cc2ccc(CN3CCOCC3)cc2)c1=O. The van der Waals surface area contributed by atoms with Gasteiger partial charge in [-0.15, -0.1) is 5.10 Å². The molecule has 2 aliphatic heterocycles. The molecule has 0 atom stereocenters. The van der Waals surface area contributed by atoms with E-state index in [0.29, 0.717) is 24.1 Å². The van der Waals surface area contributed by atoms with Crippen molar-refractivity contribution in [1.29, 1.82) is 0 Å². The number of rotatable bonds is 6. The molecule has 1 saturated heterocycles. The maximum Gasteiger partial charge on any atom is 0.347 e. The van der Waals surface area contributed by atoms with Crippen molar-refractivity contribution in [2.75, 3.05) is 37.9 Å². The smallest absolute Gasteiger partial charge is 0.347 e. The molecule has 0 amide bonds. The predicted octanol–water partition coefficient (Wildman–Crippen LogP) is 2.73. The maximum atomic E-state index is 12.8. The van der Waals surface area contributed by atoms with E-state index in [-0.39, 0.29) is 5.69 Å². The van der Waals surface area contributed by atoms with E-state index >= 15 is 0 Å². The number of aromatic nitrogens is 3. The van der Waals surface area contributed by atoms with Crippen molar-refractivity contribution in [3.63, 3.8) is 0 Å². The number of morpholine rings is 1. The zero-order valence-electron chi connectivity index (χ0n) is 18.7. The Morgan fingerprint density at radius 2 is 1.61 bits per heavy atom. The summed E-state index contributed by atoms with van der Waals surface area (Å²) in [7, 11) is 1.74. The van der Waals surface area contributed by atoms with E-state index < -0.39 is 0 Å². The molecule has 5 rings (SSSR count). The molecule has 1 fully saturated rings. The molecule has 0 bridgehead atoms. The van der Waals surface area contributed by atoms with Crippen LogP contribution in [0.4, 0.5) is 5.95 Å². The Kier molecular flexibility index (Phi) is 6.30. The molecule has 8 nitrogen and oxygen atoms in total. The first kappa shape index (κ1) is 21.9. The van der Waals surface area contributed by atoms with Crippen LogP contribution in [0.5, 0.6) is 0 Å². The minimum Gasteiger partial charge on any atom is -0.379 e. The summed E-state index contributed by atoms with van der Waals surface area (Å²) in [5.41, 5.74) is 4.14. The van der Waals surface area contributed by atoms with Gasteiger partial charge in [0, 0.05) is 38.1 Å². The van der Waals surface area contributed by atoms with Crippen LogP contribution in [0, 0.1) is 0 Å². The number of benzene rings is 2. The number of ether oxygens (including phenoxy) is 1. The van der Waals surface area contributed by atoms with Crippen molar-refractivity contribution in [3.05, 3.63) is 80.7 Å². The fraction of sp³-hybridized carbons (Fsp3) is 0.375. The Hall–Kier alpha value is -2.94. The molecule has 2 aliphatic rings. The number of hydrazone groups is 1. The molecule has 33 heavy (non-hydrogen) atoms. The Morgan fingerprint density at radius 3 is 2.30 bits per heavy atom. The van der Waals surface area contributed by atoms with Crippen LogP contribution in [0.2, 0.25) is 5.02 Å². The van der Waals surface area contributed by atoms with E-state index in [9.17, 15) is 4.79 Å². The first-order valence-corrected chi connectivity index (χ1v) is 11.6. The van der Waals surface area contributed by atoms with Crippen molar-refractivity contribution in [1.82, 2.24) is 19.2 Å². The van der Waals surface area contributed by atoms with Crippen molar-refractivity contribution in [3.8, 4) is 0 Å². The zero-order chi connectivity index (χ0) is 22.8. The van der Waals surface area contributed by atoms with Crippen LogP contribution in [0.25, 0.3) is 0 Å². The molecule has 172 valence electrons. The summed E-state index contributed by atoms with van der Waals surface area (Å²) in [5.74, 6) is 0.549. The summed E-state index contributed by atoms with van der Waals surface area (Å²) in [6.07, 6.45) is 0.785. The number of nitrogens with zero attached hydrogens (tertiary/aromatic N) is 6. The number of hydrogen-bond acceptors (Lipinski definition) is 6. The third-order valence-corrected chi connectivity index (χ3v) is 6.35. The fourth-order valence-corrected chi connectivity index (χ4v) is 4.32. The average Bonchev–Trinajstić information content (AvgIpc) is 3.42. The molecule has 0 spiro atoms. The van der Waals surface area contributed by atoms with Crippen LogP contribution < -0.4 is 10.7 Å². The second-order valence-electron chi connectivity index (χ2n) is 8.43. The van der Waals surface area contributed by atoms with Gasteiger partial charge in [0.15, 0.2) is 0 Å². The lowest BCUT2D eigenvalue weighted by atomic mass is 10.1. The summed E-state index contributed by atoms with van der Waals surface area (Å²) in [5, 5.41) is 11.8. The van der Waals surface area contributed by atoms with Crippen LogP contribution in [-0.2, 0) is 24.9 Å². The molecule has 3 heterocycles. The van der Waals surface area contributed by atoms with E-state index in [1.807, 2.05) is 24.3 Å². The van der Waals surface area contributed by atoms with Crippen molar-refractivity contribution >= 4 is 23.3 Å². The van der Waals surface area contributed by atoms with Crippen LogP contribution >= 0.6 is 11.6 Å². The highest BCUT2D eigenvalue weighted by molar-refractivity contribution is 6.30. The Balaban J connectivity index is 1.29. The molecule has 2 aromatic carbocycles. The van der Waals surface area contributed by atoms with Gasteiger partial charge in [-0.25, -0.2) is 14.5 Å². The fourth-order valence-electron chi connectivity index (χ4n) is 4.19. The molecule has 0 aliphatic carbocycles. The second-order valence-corrected chi connectivity index (χ2v) is 8.87. The summed E-state index contributed by atoms with van der Waals surface area (Å²) in [6, 6.07) is 16.0. The number of hydrogen-bond donors (Lipinski definition) is 0. The van der Waals surface area contributed by atoms with E-state index in [1.54, 1.807) is 16.6 Å². The summed E-state index contributed by atoms with van der Waals surface area (Å²) < 4.78 is 8.47. The lowest BCUT2D eigenvalue weighted by Crippen LogP contribution is -2.35. The lowest BCUT2D eigenvalue weighted by molar-refractivity contribution is 0.0342. The van der Waals surface area contributed by atoms with Crippen LogP contribution in [0.15, 0.2) is 58.4 Å². The van der Waals surface area contributed by atoms with E-state index in [0.717, 1.165) is 56.1 Å². The highest BCUT2D eigenvalue weighted by Crippen LogP contribution is 2.20. The molecule has 0 N–H and O–H groups in total. The Labute approximate surface area is 197 Å². The Bertz CT molecular complexity index is 1190. The molecular weight excluding hydrogens is 440 g/mol. The molecule has 0 unspecified atom stereocenters. The first-order chi connectivity index (χ1) is 16.1. The first-order valence-electron chi connectivity index (χ1n) is 11.2. The van der Waals surface area contributed by atoms with Crippen molar-refractivity contribution in [2.24, 2.45) is 12.1 Å². The quantitative estimate of drug-likeness (QED) is 0.558. The summed E-state index contributed by atoms with van der Waals surface area (Å²) >= 11 is 6.00. The molecule has 1 aromatic heterocycles. The maximum absolute atomic E-state index is 12.8. The highest BCUT2D eigenvalue weighted by atomic mass is 35.5. The number of anilines is 1. The van der Waals surface area contributed by atoms with Gasteiger partial charge in [-0.05, 0) is 28.8 Å². The van der Waals surface area contributed by atoms with Gasteiger partial charge in [-0.1, -0.05) is 48.0 Å². The average molecular weight is 467 g/mol. The normalized spacial score (nSPS) is 16.9. The van der Waals surface area contributed by atoms with E-state index in [4.69, 9.17) is 21.4 Å². The van der Waals surface area contributed by atoms with E-state index in [1.165, 1.54) is 10.2 Å². The van der Waals surface area contributed by atoms with Gasteiger partial charge < -0.3 is 4.74 Å². The monoisotopic (exact) mass is 466 g/mol. The predicted molar refractivity (Wildman–Crippen MR) is 129 cm³/mol. The van der Waals surface area contributed by atoms with Gasteiger partial charge in [0.2, 0.25) is 5.95 Å². The highest BCUT2D eigenvalue weighted by Gasteiger charge is 2.23. The molecule has 9 heteroatoms. The van der Waals surface area contributed by atoms with Crippen LogP contribution in [0.3, 0.4) is 0 Å². The van der Waals surface area contributed by atoms with Gasteiger partial charge in [-0.2, -0.15) is 5.10 Å². The van der Waals surface area contributed by atoms with Crippen molar-refractivity contribution < 1.29 is 4.74 Å². The van der Waals surface area contributed by atoms with Crippen LogP contribution in [0.1, 0.15) is 23.1 Å². The lowest BCUT2D eigenvalue weighted by Gasteiger charge is -2.26. The van der Waals surface area contributed by atoms with Gasteiger partial charge in [0.25, 0.3) is 0 Å². The largest absolute Gasteiger partial charge is 0.379 e. The second kappa shape index (κ2) is 9.51. The molecule has 0 saturated carbocycles. The summed E-state index contributed by atoms with van der Waals surface area (Å²) in [6.45, 7) is 5.54.